The third-order valence-corrected chi connectivity index (χ3v) is 6.40. The number of aromatic amines is 1. The highest BCUT2D eigenvalue weighted by Gasteiger charge is 2.14. The molecule has 0 bridgehead atoms. The molecule has 36 heavy (non-hydrogen) atoms. The summed E-state index contributed by atoms with van der Waals surface area (Å²) >= 11 is 0. The number of ether oxygens (including phenoxy) is 3. The van der Waals surface area contributed by atoms with E-state index >= 15 is 0 Å². The molecule has 7 nitrogen and oxygen atoms in total. The maximum Gasteiger partial charge on any atom is 0.161 e. The molecule has 0 saturated heterocycles. The van der Waals surface area contributed by atoms with Crippen LogP contribution in [0.2, 0.25) is 0 Å². The maximum atomic E-state index is 6.10. The van der Waals surface area contributed by atoms with Crippen LogP contribution in [-0.2, 0) is 0 Å². The Morgan fingerprint density at radius 1 is 0.833 bits per heavy atom. The average molecular weight is 489 g/mol. The molecule has 0 spiro atoms. The van der Waals surface area contributed by atoms with Gasteiger partial charge in [0.2, 0.25) is 0 Å². The summed E-state index contributed by atoms with van der Waals surface area (Å²) in [6, 6.07) is 16.2. The van der Waals surface area contributed by atoms with E-state index in [2.05, 4.69) is 59.0 Å². The minimum Gasteiger partial charge on any atom is -0.496 e. The molecule has 0 fully saturated rings. The molecule has 0 aliphatic carbocycles. The highest BCUT2D eigenvalue weighted by molar-refractivity contribution is 5.97. The van der Waals surface area contributed by atoms with Gasteiger partial charge in [0.15, 0.2) is 11.5 Å². The van der Waals surface area contributed by atoms with Crippen LogP contribution in [0.25, 0.3) is 33.3 Å². The van der Waals surface area contributed by atoms with Crippen LogP contribution in [0.15, 0.2) is 60.9 Å². The summed E-state index contributed by atoms with van der Waals surface area (Å²) in [7, 11) is 7.56. The van der Waals surface area contributed by atoms with Crippen LogP contribution in [0.3, 0.4) is 0 Å². The van der Waals surface area contributed by atoms with E-state index in [0.29, 0.717) is 12.4 Å². The van der Waals surface area contributed by atoms with E-state index in [1.54, 1.807) is 14.2 Å². The van der Waals surface area contributed by atoms with Gasteiger partial charge in [0.1, 0.15) is 18.0 Å². The van der Waals surface area contributed by atoms with Crippen molar-refractivity contribution in [2.24, 2.45) is 0 Å². The van der Waals surface area contributed by atoms with Crippen LogP contribution in [-0.4, -0.2) is 80.9 Å². The normalized spacial score (nSPS) is 11.4. The molecule has 0 atom stereocenters. The molecule has 4 rings (SSSR count). The molecule has 2 aromatic carbocycles. The number of pyridine rings is 1. The van der Waals surface area contributed by atoms with Crippen molar-refractivity contribution in [1.29, 1.82) is 0 Å². The predicted octanol–water partition coefficient (Wildman–Crippen LogP) is 5.18. The van der Waals surface area contributed by atoms with Crippen molar-refractivity contribution in [3.05, 3.63) is 60.9 Å². The van der Waals surface area contributed by atoms with E-state index in [4.69, 9.17) is 14.2 Å². The fraction of sp³-hybridized carbons (Fsp3) is 0.345. The van der Waals surface area contributed by atoms with E-state index in [0.717, 1.165) is 71.0 Å². The largest absolute Gasteiger partial charge is 0.496 e. The van der Waals surface area contributed by atoms with E-state index in [-0.39, 0.29) is 0 Å². The van der Waals surface area contributed by atoms with E-state index in [1.165, 1.54) is 0 Å². The quantitative estimate of drug-likeness (QED) is 0.297. The summed E-state index contributed by atoms with van der Waals surface area (Å²) < 4.78 is 17.4. The topological polar surface area (TPSA) is 62.9 Å². The van der Waals surface area contributed by atoms with Gasteiger partial charge in [0.05, 0.1) is 14.2 Å². The second-order valence-electron chi connectivity index (χ2n) is 8.97. The first-order valence-electron chi connectivity index (χ1n) is 12.3. The molecule has 0 aliphatic rings. The third-order valence-electron chi connectivity index (χ3n) is 6.40. The number of aromatic nitrogens is 2. The summed E-state index contributed by atoms with van der Waals surface area (Å²) in [5.41, 5.74) is 4.93. The van der Waals surface area contributed by atoms with Crippen LogP contribution in [0.4, 0.5) is 0 Å². The number of nitrogens with one attached hydrogen (secondary N) is 1. The number of nitrogens with zero attached hydrogens (tertiary/aromatic N) is 3. The van der Waals surface area contributed by atoms with Crippen molar-refractivity contribution >= 4 is 11.0 Å². The highest BCUT2D eigenvalue weighted by atomic mass is 16.5. The van der Waals surface area contributed by atoms with Gasteiger partial charge in [0.25, 0.3) is 0 Å². The number of hydrogen-bond acceptors (Lipinski definition) is 6. The van der Waals surface area contributed by atoms with Crippen LogP contribution >= 0.6 is 0 Å². The Labute approximate surface area is 213 Å². The Morgan fingerprint density at radius 3 is 2.39 bits per heavy atom. The van der Waals surface area contributed by atoms with Crippen LogP contribution in [0.5, 0.6) is 17.2 Å². The zero-order valence-corrected chi connectivity index (χ0v) is 21.9. The van der Waals surface area contributed by atoms with Gasteiger partial charge in [-0.25, -0.2) is 4.98 Å². The van der Waals surface area contributed by atoms with E-state index in [9.17, 15) is 0 Å². The average Bonchev–Trinajstić information content (AvgIpc) is 3.33. The lowest BCUT2D eigenvalue weighted by Gasteiger charge is -2.22. The SMILES string of the molecule is CCN(CCOc1ccc(-c2cnc3[nH]cc(-c4ccccc4OC)c3c2)cc1OC)CCN(C)C. The predicted molar refractivity (Wildman–Crippen MR) is 146 cm³/mol. The number of fused-ring (bicyclic) bond motifs is 1. The van der Waals surface area contributed by atoms with Crippen LogP contribution < -0.4 is 14.2 Å². The summed E-state index contributed by atoms with van der Waals surface area (Å²) in [6.45, 7) is 6.71. The molecule has 0 unspecified atom stereocenters. The van der Waals surface area contributed by atoms with E-state index in [1.807, 2.05) is 42.7 Å². The van der Waals surface area contributed by atoms with Gasteiger partial charge < -0.3 is 24.1 Å². The molecule has 0 aliphatic heterocycles. The fourth-order valence-corrected chi connectivity index (χ4v) is 4.27. The second-order valence-corrected chi connectivity index (χ2v) is 8.97. The first-order chi connectivity index (χ1) is 17.5. The molecule has 0 radical (unpaired) electrons. The monoisotopic (exact) mass is 488 g/mol. The Morgan fingerprint density at radius 2 is 1.64 bits per heavy atom. The first kappa shape index (κ1) is 25.5. The van der Waals surface area contributed by atoms with Crippen molar-refractivity contribution in [2.75, 3.05) is 61.1 Å². The molecule has 7 heteroatoms. The minimum absolute atomic E-state index is 0.607. The number of para-hydroxylation sites is 1. The molecule has 0 amide bonds. The lowest BCUT2D eigenvalue weighted by atomic mass is 10.0. The van der Waals surface area contributed by atoms with Crippen molar-refractivity contribution in [1.82, 2.24) is 19.8 Å². The molecule has 0 saturated carbocycles. The first-order valence-corrected chi connectivity index (χ1v) is 12.3. The fourth-order valence-electron chi connectivity index (χ4n) is 4.27. The molecular weight excluding hydrogens is 452 g/mol. The molecule has 4 aromatic rings. The summed E-state index contributed by atoms with van der Waals surface area (Å²) in [5.74, 6) is 2.29. The highest BCUT2D eigenvalue weighted by Crippen LogP contribution is 2.37. The Hall–Kier alpha value is -3.55. The standard InChI is InChI=1S/C29H36N4O3/c1-6-33(14-13-32(2)3)15-16-36-27-12-11-21(18-28(27)35-5)22-17-24-25(20-31-29(24)30-19-22)23-9-7-8-10-26(23)34-4/h7-12,17-20H,6,13-16H2,1-5H3,(H,30,31). The van der Waals surface area contributed by atoms with Gasteiger partial charge in [-0.05, 0) is 50.5 Å². The van der Waals surface area contributed by atoms with Gasteiger partial charge in [-0.2, -0.15) is 0 Å². The zero-order valence-electron chi connectivity index (χ0n) is 21.9. The molecular formula is C29H36N4O3. The molecule has 2 heterocycles. The summed E-state index contributed by atoms with van der Waals surface area (Å²) in [5, 5.41) is 1.04. The van der Waals surface area contributed by atoms with Gasteiger partial charge in [-0.3, -0.25) is 4.90 Å². The van der Waals surface area contributed by atoms with Gasteiger partial charge in [-0.15, -0.1) is 0 Å². The van der Waals surface area contributed by atoms with Crippen molar-refractivity contribution < 1.29 is 14.2 Å². The van der Waals surface area contributed by atoms with Crippen LogP contribution in [0, 0.1) is 0 Å². The number of likely N-dealkylation sites (N-methyl/N-ethyl adjacent to an activating group) is 2. The maximum absolute atomic E-state index is 6.10. The van der Waals surface area contributed by atoms with Gasteiger partial charge in [-0.1, -0.05) is 31.2 Å². The molecule has 1 N–H and O–H groups in total. The minimum atomic E-state index is 0.607. The van der Waals surface area contributed by atoms with Gasteiger partial charge in [0, 0.05) is 54.1 Å². The lowest BCUT2D eigenvalue weighted by Crippen LogP contribution is -2.34. The smallest absolute Gasteiger partial charge is 0.161 e. The number of hydrogen-bond donors (Lipinski definition) is 1. The zero-order chi connectivity index (χ0) is 25.5. The Kier molecular flexibility index (Phi) is 8.46. The van der Waals surface area contributed by atoms with Crippen LogP contribution in [0.1, 0.15) is 6.92 Å². The Balaban J connectivity index is 1.54. The summed E-state index contributed by atoms with van der Waals surface area (Å²) in [6.07, 6.45) is 3.86. The van der Waals surface area contributed by atoms with Crippen molar-refractivity contribution in [2.45, 2.75) is 6.92 Å². The number of rotatable bonds is 12. The van der Waals surface area contributed by atoms with Gasteiger partial charge >= 0.3 is 0 Å². The van der Waals surface area contributed by atoms with Crippen molar-refractivity contribution in [3.63, 3.8) is 0 Å². The number of benzene rings is 2. The number of H-pyrrole nitrogens is 1. The van der Waals surface area contributed by atoms with E-state index < -0.39 is 0 Å². The molecule has 190 valence electrons. The second kappa shape index (κ2) is 11.9. The number of methoxy groups -OCH3 is 2. The summed E-state index contributed by atoms with van der Waals surface area (Å²) in [4.78, 5) is 12.5. The lowest BCUT2D eigenvalue weighted by molar-refractivity contribution is 0.197. The molecule has 2 aromatic heterocycles. The Bertz CT molecular complexity index is 1280. The van der Waals surface area contributed by atoms with Crippen molar-refractivity contribution in [3.8, 4) is 39.5 Å². The third kappa shape index (κ3) is 5.80.